The molecule has 0 atom stereocenters. The first-order chi connectivity index (χ1) is 12.5. The van der Waals surface area contributed by atoms with Crippen LogP contribution in [0.25, 0.3) is 11.0 Å². The van der Waals surface area contributed by atoms with Gasteiger partial charge in [-0.25, -0.2) is 0 Å². The maximum absolute atomic E-state index is 12.5. The number of amides is 2. The molecule has 0 unspecified atom stereocenters. The van der Waals surface area contributed by atoms with Crippen LogP contribution in [0.15, 0.2) is 52.9 Å². The van der Waals surface area contributed by atoms with Gasteiger partial charge in [0.2, 0.25) is 5.91 Å². The number of likely N-dealkylation sites (N-methyl/N-ethyl adjacent to an activating group) is 1. The van der Waals surface area contributed by atoms with Gasteiger partial charge < -0.3 is 19.4 Å². The van der Waals surface area contributed by atoms with Crippen molar-refractivity contribution in [3.05, 3.63) is 59.3 Å². The molecule has 0 fully saturated rings. The number of fused-ring (bicyclic) bond motifs is 1. The molecule has 0 radical (unpaired) electrons. The SMILES string of the molecule is COc1ccc(NC(=O)CN(C)C(=O)c2cc3cc(Cl)ccc3o2)cc1. The number of ether oxygens (including phenoxy) is 1. The van der Waals surface area contributed by atoms with E-state index in [1.165, 1.54) is 11.9 Å². The van der Waals surface area contributed by atoms with Crippen molar-refractivity contribution in [2.45, 2.75) is 0 Å². The highest BCUT2D eigenvalue weighted by molar-refractivity contribution is 6.31. The fourth-order valence-electron chi connectivity index (χ4n) is 2.47. The van der Waals surface area contributed by atoms with Gasteiger partial charge in [0.25, 0.3) is 5.91 Å². The standard InChI is InChI=1S/C19H17ClN2O4/c1-22(11-18(23)21-14-4-6-15(25-2)7-5-14)19(24)17-10-12-9-13(20)3-8-16(12)26-17/h3-10H,11H2,1-2H3,(H,21,23). The van der Waals surface area contributed by atoms with Crippen LogP contribution in [0.2, 0.25) is 5.02 Å². The van der Waals surface area contributed by atoms with E-state index in [0.29, 0.717) is 22.0 Å². The summed E-state index contributed by atoms with van der Waals surface area (Å²) in [7, 11) is 3.11. The van der Waals surface area contributed by atoms with Gasteiger partial charge >= 0.3 is 0 Å². The van der Waals surface area contributed by atoms with Crippen LogP contribution in [0, 0.1) is 0 Å². The van der Waals surface area contributed by atoms with E-state index in [1.807, 2.05) is 0 Å². The molecule has 1 heterocycles. The van der Waals surface area contributed by atoms with E-state index in [9.17, 15) is 9.59 Å². The maximum atomic E-state index is 12.5. The zero-order valence-corrected chi connectivity index (χ0v) is 15.0. The Morgan fingerprint density at radius 3 is 2.58 bits per heavy atom. The lowest BCUT2D eigenvalue weighted by atomic mass is 10.2. The topological polar surface area (TPSA) is 71.8 Å². The fourth-order valence-corrected chi connectivity index (χ4v) is 2.65. The Hall–Kier alpha value is -2.99. The first-order valence-electron chi connectivity index (χ1n) is 7.85. The van der Waals surface area contributed by atoms with Crippen LogP contribution in [-0.4, -0.2) is 37.4 Å². The molecule has 0 aliphatic carbocycles. The van der Waals surface area contributed by atoms with Crippen molar-refractivity contribution in [3.63, 3.8) is 0 Å². The van der Waals surface area contributed by atoms with Crippen LogP contribution in [0.1, 0.15) is 10.6 Å². The molecule has 0 aliphatic rings. The Balaban J connectivity index is 1.64. The van der Waals surface area contributed by atoms with E-state index in [0.717, 1.165) is 5.39 Å². The summed E-state index contributed by atoms with van der Waals surface area (Å²) in [5, 5.41) is 4.02. The zero-order valence-electron chi connectivity index (χ0n) is 14.3. The number of furan rings is 1. The number of nitrogens with zero attached hydrogens (tertiary/aromatic N) is 1. The molecule has 0 spiro atoms. The van der Waals surface area contributed by atoms with Crippen molar-refractivity contribution in [1.82, 2.24) is 4.90 Å². The Kier molecular flexibility index (Phi) is 5.14. The van der Waals surface area contributed by atoms with Crippen molar-refractivity contribution >= 4 is 40.1 Å². The number of rotatable bonds is 5. The number of methoxy groups -OCH3 is 1. The van der Waals surface area contributed by atoms with E-state index < -0.39 is 0 Å². The molecule has 0 saturated carbocycles. The molecule has 3 rings (SSSR count). The van der Waals surface area contributed by atoms with Crippen LogP contribution < -0.4 is 10.1 Å². The molecule has 26 heavy (non-hydrogen) atoms. The summed E-state index contributed by atoms with van der Waals surface area (Å²) in [4.78, 5) is 25.9. The molecule has 0 aliphatic heterocycles. The molecule has 1 aromatic heterocycles. The highest BCUT2D eigenvalue weighted by Gasteiger charge is 2.19. The summed E-state index contributed by atoms with van der Waals surface area (Å²) in [6, 6.07) is 13.6. The van der Waals surface area contributed by atoms with Gasteiger partial charge in [0.05, 0.1) is 13.7 Å². The van der Waals surface area contributed by atoms with E-state index in [2.05, 4.69) is 5.32 Å². The van der Waals surface area contributed by atoms with Gasteiger partial charge in [-0.2, -0.15) is 0 Å². The van der Waals surface area contributed by atoms with Gasteiger partial charge in [-0.1, -0.05) is 11.6 Å². The second kappa shape index (κ2) is 7.49. The number of halogens is 1. The van der Waals surface area contributed by atoms with Gasteiger partial charge in [-0.3, -0.25) is 9.59 Å². The molecule has 6 nitrogen and oxygen atoms in total. The molecule has 3 aromatic rings. The number of carbonyl (C=O) groups is 2. The van der Waals surface area contributed by atoms with E-state index >= 15 is 0 Å². The van der Waals surface area contributed by atoms with Gasteiger partial charge in [0.15, 0.2) is 5.76 Å². The smallest absolute Gasteiger partial charge is 0.289 e. The number of hydrogen-bond acceptors (Lipinski definition) is 4. The van der Waals surface area contributed by atoms with Crippen LogP contribution in [0.3, 0.4) is 0 Å². The first kappa shape index (κ1) is 17.8. The van der Waals surface area contributed by atoms with E-state index in [4.69, 9.17) is 20.8 Å². The average molecular weight is 373 g/mol. The van der Waals surface area contributed by atoms with Gasteiger partial charge in [-0.05, 0) is 48.5 Å². The predicted molar refractivity (Wildman–Crippen MR) is 99.8 cm³/mol. The predicted octanol–water partition coefficient (Wildman–Crippen LogP) is 3.81. The maximum Gasteiger partial charge on any atom is 0.289 e. The minimum atomic E-state index is -0.387. The lowest BCUT2D eigenvalue weighted by Crippen LogP contribution is -2.34. The Morgan fingerprint density at radius 2 is 1.88 bits per heavy atom. The van der Waals surface area contributed by atoms with E-state index in [-0.39, 0.29) is 24.1 Å². The molecular weight excluding hydrogens is 356 g/mol. The highest BCUT2D eigenvalue weighted by Crippen LogP contribution is 2.23. The summed E-state index contributed by atoms with van der Waals surface area (Å²) < 4.78 is 10.6. The highest BCUT2D eigenvalue weighted by atomic mass is 35.5. The minimum Gasteiger partial charge on any atom is -0.497 e. The molecule has 1 N–H and O–H groups in total. The molecule has 0 saturated heterocycles. The van der Waals surface area contributed by atoms with Crippen LogP contribution in [-0.2, 0) is 4.79 Å². The summed E-state index contributed by atoms with van der Waals surface area (Å²) in [6.45, 7) is -0.108. The summed E-state index contributed by atoms with van der Waals surface area (Å²) >= 11 is 5.94. The summed E-state index contributed by atoms with van der Waals surface area (Å²) in [5.41, 5.74) is 1.18. The Bertz CT molecular complexity index is 950. The number of anilines is 1. The van der Waals surface area contributed by atoms with Crippen molar-refractivity contribution in [3.8, 4) is 5.75 Å². The average Bonchev–Trinajstić information content (AvgIpc) is 3.04. The summed E-state index contributed by atoms with van der Waals surface area (Å²) in [6.07, 6.45) is 0. The number of carbonyl (C=O) groups excluding carboxylic acids is 2. The molecule has 2 aromatic carbocycles. The number of benzene rings is 2. The second-order valence-corrected chi connectivity index (χ2v) is 6.17. The Labute approximate surface area is 155 Å². The van der Waals surface area contributed by atoms with Gasteiger partial charge in [0, 0.05) is 23.1 Å². The number of hydrogen-bond donors (Lipinski definition) is 1. The monoisotopic (exact) mass is 372 g/mol. The molecular formula is C19H17ClN2O4. The van der Waals surface area contributed by atoms with Crippen LogP contribution in [0.4, 0.5) is 5.69 Å². The van der Waals surface area contributed by atoms with Crippen molar-refractivity contribution in [2.24, 2.45) is 0 Å². The minimum absolute atomic E-state index is 0.108. The second-order valence-electron chi connectivity index (χ2n) is 5.73. The lowest BCUT2D eigenvalue weighted by Gasteiger charge is -2.15. The first-order valence-corrected chi connectivity index (χ1v) is 8.22. The molecule has 2 amide bonds. The summed E-state index contributed by atoms with van der Waals surface area (Å²) in [5.74, 6) is 0.148. The molecule has 134 valence electrons. The van der Waals surface area contributed by atoms with Crippen molar-refractivity contribution < 1.29 is 18.7 Å². The van der Waals surface area contributed by atoms with Crippen molar-refractivity contribution in [2.75, 3.05) is 26.0 Å². The van der Waals surface area contributed by atoms with Crippen LogP contribution >= 0.6 is 11.6 Å². The fraction of sp³-hybridized carbons (Fsp3) is 0.158. The number of nitrogens with one attached hydrogen (secondary N) is 1. The van der Waals surface area contributed by atoms with Crippen molar-refractivity contribution in [1.29, 1.82) is 0 Å². The quantitative estimate of drug-likeness (QED) is 0.739. The van der Waals surface area contributed by atoms with Gasteiger partial charge in [-0.15, -0.1) is 0 Å². The Morgan fingerprint density at radius 1 is 1.15 bits per heavy atom. The molecule has 0 bridgehead atoms. The van der Waals surface area contributed by atoms with E-state index in [1.54, 1.807) is 55.6 Å². The van der Waals surface area contributed by atoms with Crippen LogP contribution in [0.5, 0.6) is 5.75 Å². The van der Waals surface area contributed by atoms with Gasteiger partial charge in [0.1, 0.15) is 11.3 Å². The largest absolute Gasteiger partial charge is 0.497 e. The zero-order chi connectivity index (χ0) is 18.7. The lowest BCUT2D eigenvalue weighted by molar-refractivity contribution is -0.116. The third-order valence-corrected chi connectivity index (χ3v) is 4.03. The third-order valence-electron chi connectivity index (χ3n) is 3.79. The molecule has 7 heteroatoms. The normalized spacial score (nSPS) is 10.6. The third kappa shape index (κ3) is 3.97.